The molecule has 106 valence electrons. The van der Waals surface area contributed by atoms with Crippen molar-refractivity contribution in [1.82, 2.24) is 5.32 Å². The molecule has 0 radical (unpaired) electrons. The van der Waals surface area contributed by atoms with Crippen molar-refractivity contribution in [3.63, 3.8) is 0 Å². The SMILES string of the molecule is CCNC(Cc1ccccc1F)c1cccc(CC)c1. The van der Waals surface area contributed by atoms with Crippen molar-refractivity contribution in [3.8, 4) is 0 Å². The first-order valence-corrected chi connectivity index (χ1v) is 7.30. The van der Waals surface area contributed by atoms with Crippen molar-refractivity contribution in [2.75, 3.05) is 6.54 Å². The first kappa shape index (κ1) is 14.7. The molecule has 0 amide bonds. The molecular formula is C18H22FN. The van der Waals surface area contributed by atoms with Gasteiger partial charge in [0.25, 0.3) is 0 Å². The Labute approximate surface area is 120 Å². The molecule has 2 rings (SSSR count). The minimum absolute atomic E-state index is 0.123. The third-order valence-electron chi connectivity index (χ3n) is 3.59. The molecule has 1 atom stereocenters. The fraction of sp³-hybridized carbons (Fsp3) is 0.333. The fourth-order valence-corrected chi connectivity index (χ4v) is 2.47. The lowest BCUT2D eigenvalue weighted by Gasteiger charge is -2.19. The summed E-state index contributed by atoms with van der Waals surface area (Å²) in [6, 6.07) is 15.7. The van der Waals surface area contributed by atoms with Gasteiger partial charge < -0.3 is 5.32 Å². The van der Waals surface area contributed by atoms with Gasteiger partial charge in [0, 0.05) is 6.04 Å². The summed E-state index contributed by atoms with van der Waals surface area (Å²) in [5, 5.41) is 3.46. The highest BCUT2D eigenvalue weighted by atomic mass is 19.1. The molecule has 1 unspecified atom stereocenters. The number of benzene rings is 2. The van der Waals surface area contributed by atoms with E-state index in [2.05, 4.69) is 43.4 Å². The Morgan fingerprint density at radius 1 is 1.05 bits per heavy atom. The molecule has 0 aliphatic heterocycles. The van der Waals surface area contributed by atoms with Gasteiger partial charge in [-0.3, -0.25) is 0 Å². The van der Waals surface area contributed by atoms with Gasteiger partial charge in [0.2, 0.25) is 0 Å². The summed E-state index contributed by atoms with van der Waals surface area (Å²) in [4.78, 5) is 0. The Morgan fingerprint density at radius 3 is 2.55 bits per heavy atom. The average Bonchev–Trinajstić information content (AvgIpc) is 2.49. The van der Waals surface area contributed by atoms with Crippen molar-refractivity contribution < 1.29 is 4.39 Å². The standard InChI is InChI=1S/C18H22FN/c1-3-14-8-7-10-16(12-14)18(20-4-2)13-15-9-5-6-11-17(15)19/h5-12,18,20H,3-4,13H2,1-2H3. The van der Waals surface area contributed by atoms with Gasteiger partial charge in [-0.1, -0.05) is 56.3 Å². The largest absolute Gasteiger partial charge is 0.310 e. The molecule has 2 aromatic rings. The number of rotatable bonds is 6. The minimum Gasteiger partial charge on any atom is -0.310 e. The smallest absolute Gasteiger partial charge is 0.126 e. The van der Waals surface area contributed by atoms with Crippen LogP contribution in [0.25, 0.3) is 0 Å². The number of halogens is 1. The average molecular weight is 271 g/mol. The molecule has 20 heavy (non-hydrogen) atoms. The third-order valence-corrected chi connectivity index (χ3v) is 3.59. The first-order valence-electron chi connectivity index (χ1n) is 7.30. The molecule has 0 aromatic heterocycles. The van der Waals surface area contributed by atoms with E-state index in [9.17, 15) is 4.39 Å². The van der Waals surface area contributed by atoms with Gasteiger partial charge in [-0.15, -0.1) is 0 Å². The Kier molecular flexibility index (Phi) is 5.31. The lowest BCUT2D eigenvalue weighted by atomic mass is 9.96. The molecule has 0 aliphatic carbocycles. The maximum Gasteiger partial charge on any atom is 0.126 e. The van der Waals surface area contributed by atoms with Gasteiger partial charge >= 0.3 is 0 Å². The van der Waals surface area contributed by atoms with Crippen molar-refractivity contribution in [2.45, 2.75) is 32.7 Å². The van der Waals surface area contributed by atoms with Crippen LogP contribution in [0.2, 0.25) is 0 Å². The second kappa shape index (κ2) is 7.20. The van der Waals surface area contributed by atoms with Crippen LogP contribution in [0, 0.1) is 5.82 Å². The predicted octanol–water partition coefficient (Wildman–Crippen LogP) is 4.28. The van der Waals surface area contributed by atoms with E-state index in [1.54, 1.807) is 6.07 Å². The molecule has 0 fully saturated rings. The zero-order valence-electron chi connectivity index (χ0n) is 12.2. The molecule has 0 aliphatic rings. The topological polar surface area (TPSA) is 12.0 Å². The van der Waals surface area contributed by atoms with Crippen LogP contribution in [-0.2, 0) is 12.8 Å². The second-order valence-corrected chi connectivity index (χ2v) is 5.00. The van der Waals surface area contributed by atoms with Gasteiger partial charge in [0.1, 0.15) is 5.82 Å². The van der Waals surface area contributed by atoms with Crippen LogP contribution in [0.5, 0.6) is 0 Å². The van der Waals surface area contributed by atoms with Crippen molar-refractivity contribution in [2.24, 2.45) is 0 Å². The van der Waals surface area contributed by atoms with E-state index in [1.807, 2.05) is 12.1 Å². The molecule has 2 heteroatoms. The van der Waals surface area contributed by atoms with E-state index in [0.29, 0.717) is 6.42 Å². The van der Waals surface area contributed by atoms with E-state index in [-0.39, 0.29) is 11.9 Å². The van der Waals surface area contributed by atoms with Gasteiger partial charge in [-0.25, -0.2) is 4.39 Å². The molecule has 0 saturated carbocycles. The maximum atomic E-state index is 13.8. The summed E-state index contributed by atoms with van der Waals surface area (Å²) in [6.07, 6.45) is 1.69. The number of nitrogens with one attached hydrogen (secondary N) is 1. The molecule has 1 nitrogen and oxygen atoms in total. The minimum atomic E-state index is -0.123. The van der Waals surface area contributed by atoms with Crippen LogP contribution in [-0.4, -0.2) is 6.54 Å². The van der Waals surface area contributed by atoms with Crippen LogP contribution in [0.15, 0.2) is 48.5 Å². The monoisotopic (exact) mass is 271 g/mol. The number of hydrogen-bond donors (Lipinski definition) is 1. The Hall–Kier alpha value is -1.67. The first-order chi connectivity index (χ1) is 9.74. The van der Waals surface area contributed by atoms with Crippen molar-refractivity contribution in [3.05, 3.63) is 71.0 Å². The van der Waals surface area contributed by atoms with E-state index in [4.69, 9.17) is 0 Å². The summed E-state index contributed by atoms with van der Waals surface area (Å²) in [5.74, 6) is -0.123. The molecule has 1 N–H and O–H groups in total. The highest BCUT2D eigenvalue weighted by Crippen LogP contribution is 2.21. The third kappa shape index (κ3) is 3.67. The summed E-state index contributed by atoms with van der Waals surface area (Å²) >= 11 is 0. The van der Waals surface area contributed by atoms with Crippen molar-refractivity contribution in [1.29, 1.82) is 0 Å². The van der Waals surface area contributed by atoms with Crippen molar-refractivity contribution >= 4 is 0 Å². The molecule has 0 saturated heterocycles. The Morgan fingerprint density at radius 2 is 1.85 bits per heavy atom. The second-order valence-electron chi connectivity index (χ2n) is 5.00. The van der Waals surface area contributed by atoms with Gasteiger partial charge in [-0.05, 0) is 42.1 Å². The van der Waals surface area contributed by atoms with E-state index in [1.165, 1.54) is 17.2 Å². The van der Waals surface area contributed by atoms with Crippen LogP contribution in [0.4, 0.5) is 4.39 Å². The summed E-state index contributed by atoms with van der Waals surface area (Å²) < 4.78 is 13.8. The van der Waals surface area contributed by atoms with E-state index < -0.39 is 0 Å². The lowest BCUT2D eigenvalue weighted by molar-refractivity contribution is 0.527. The lowest BCUT2D eigenvalue weighted by Crippen LogP contribution is -2.23. The van der Waals surface area contributed by atoms with Crippen LogP contribution in [0.3, 0.4) is 0 Å². The van der Waals surface area contributed by atoms with Gasteiger partial charge in [0.05, 0.1) is 0 Å². The van der Waals surface area contributed by atoms with Crippen LogP contribution >= 0.6 is 0 Å². The molecular weight excluding hydrogens is 249 g/mol. The van der Waals surface area contributed by atoms with Gasteiger partial charge in [-0.2, -0.15) is 0 Å². The van der Waals surface area contributed by atoms with Gasteiger partial charge in [0.15, 0.2) is 0 Å². The molecule has 0 bridgehead atoms. The maximum absolute atomic E-state index is 13.8. The fourth-order valence-electron chi connectivity index (χ4n) is 2.47. The van der Waals surface area contributed by atoms with Crippen LogP contribution in [0.1, 0.15) is 36.6 Å². The summed E-state index contributed by atoms with van der Waals surface area (Å²) in [6.45, 7) is 5.10. The van der Waals surface area contributed by atoms with E-state index >= 15 is 0 Å². The molecule has 2 aromatic carbocycles. The number of aryl methyl sites for hydroxylation is 1. The summed E-state index contributed by atoms with van der Waals surface area (Å²) in [7, 11) is 0. The highest BCUT2D eigenvalue weighted by molar-refractivity contribution is 5.28. The van der Waals surface area contributed by atoms with Crippen LogP contribution < -0.4 is 5.32 Å². The highest BCUT2D eigenvalue weighted by Gasteiger charge is 2.13. The zero-order valence-corrected chi connectivity index (χ0v) is 12.2. The zero-order chi connectivity index (χ0) is 14.4. The summed E-state index contributed by atoms with van der Waals surface area (Å²) in [5.41, 5.74) is 3.31. The predicted molar refractivity (Wildman–Crippen MR) is 82.3 cm³/mol. The number of likely N-dealkylation sites (N-methyl/N-ethyl adjacent to an activating group) is 1. The molecule has 0 spiro atoms. The molecule has 0 heterocycles. The Balaban J connectivity index is 2.24. The van der Waals surface area contributed by atoms with E-state index in [0.717, 1.165) is 18.5 Å². The number of hydrogen-bond acceptors (Lipinski definition) is 1. The normalized spacial score (nSPS) is 12.3. The Bertz CT molecular complexity index is 551. The quantitative estimate of drug-likeness (QED) is 0.827.